The summed E-state index contributed by atoms with van der Waals surface area (Å²) in [6.45, 7) is 0. The fraction of sp³-hybridized carbons (Fsp3) is 0. The van der Waals surface area contributed by atoms with Gasteiger partial charge >= 0.3 is 0 Å². The van der Waals surface area contributed by atoms with Gasteiger partial charge in [-0.1, -0.05) is 6.07 Å². The molecule has 0 fully saturated rings. The number of halogens is 2. The van der Waals surface area contributed by atoms with Crippen molar-refractivity contribution in [1.29, 1.82) is 0 Å². The van der Waals surface area contributed by atoms with Crippen LogP contribution in [0.4, 0.5) is 8.78 Å². The maximum atomic E-state index is 13.6. The van der Waals surface area contributed by atoms with Gasteiger partial charge in [0.15, 0.2) is 0 Å². The summed E-state index contributed by atoms with van der Waals surface area (Å²) in [4.78, 5) is 8.68. The van der Waals surface area contributed by atoms with Crippen LogP contribution in [0.3, 0.4) is 0 Å². The summed E-state index contributed by atoms with van der Waals surface area (Å²) in [5.74, 6) is 0.362. The van der Waals surface area contributed by atoms with Crippen LogP contribution in [0.5, 0.6) is 0 Å². The molecular formula is C28H14F2N6O2. The molecule has 0 radical (unpaired) electrons. The standard InChI is InChI=1S/C28H14F2N6O2/c29-21-4-6-23-17(11-21)9-19(13-31-23)27-35-33-25(37-27)15-2-1-3-16(8-15)26-34-36-28(38-26)20-10-18-12-22(30)5-7-24(18)32-14-20/h1-14H. The topological polar surface area (TPSA) is 104 Å². The van der Waals surface area contributed by atoms with Crippen LogP contribution in [0.25, 0.3) is 67.6 Å². The van der Waals surface area contributed by atoms with Gasteiger partial charge in [-0.2, -0.15) is 0 Å². The van der Waals surface area contributed by atoms with E-state index in [2.05, 4.69) is 30.4 Å². The molecule has 0 aliphatic heterocycles. The molecule has 0 spiro atoms. The Morgan fingerprint density at radius 1 is 0.474 bits per heavy atom. The quantitative estimate of drug-likeness (QED) is 0.268. The average molecular weight is 504 g/mol. The van der Waals surface area contributed by atoms with Crippen LogP contribution >= 0.6 is 0 Å². The summed E-state index contributed by atoms with van der Waals surface area (Å²) >= 11 is 0. The Bertz CT molecular complexity index is 1850. The van der Waals surface area contributed by atoms with Crippen molar-refractivity contribution in [2.24, 2.45) is 0 Å². The Balaban J connectivity index is 1.19. The first-order valence-corrected chi connectivity index (χ1v) is 11.5. The first kappa shape index (κ1) is 21.9. The van der Waals surface area contributed by atoms with Crippen LogP contribution in [0.2, 0.25) is 0 Å². The minimum absolute atomic E-state index is 0.254. The molecule has 10 heteroatoms. The van der Waals surface area contributed by atoms with Gasteiger partial charge in [-0.25, -0.2) is 8.78 Å². The van der Waals surface area contributed by atoms with Crippen LogP contribution in [0.15, 0.2) is 94.0 Å². The van der Waals surface area contributed by atoms with Crippen LogP contribution in [0, 0.1) is 11.6 Å². The molecule has 0 aliphatic carbocycles. The third-order valence-electron chi connectivity index (χ3n) is 5.99. The van der Waals surface area contributed by atoms with E-state index in [1.807, 2.05) is 12.1 Å². The predicted octanol–water partition coefficient (Wildman–Crippen LogP) is 6.50. The normalized spacial score (nSPS) is 11.4. The van der Waals surface area contributed by atoms with Crippen molar-refractivity contribution < 1.29 is 17.6 Å². The second-order valence-corrected chi connectivity index (χ2v) is 8.53. The van der Waals surface area contributed by atoms with Crippen LogP contribution < -0.4 is 0 Å². The predicted molar refractivity (Wildman–Crippen MR) is 134 cm³/mol. The number of benzene rings is 3. The van der Waals surface area contributed by atoms with E-state index in [0.717, 1.165) is 0 Å². The highest BCUT2D eigenvalue weighted by Gasteiger charge is 2.16. The Morgan fingerprint density at radius 2 is 0.921 bits per heavy atom. The van der Waals surface area contributed by atoms with Gasteiger partial charge in [-0.15, -0.1) is 20.4 Å². The minimum atomic E-state index is -0.352. The zero-order valence-electron chi connectivity index (χ0n) is 19.3. The third-order valence-corrected chi connectivity index (χ3v) is 5.99. The van der Waals surface area contributed by atoms with Gasteiger partial charge in [0, 0.05) is 34.3 Å². The Morgan fingerprint density at radius 3 is 1.39 bits per heavy atom. The highest BCUT2D eigenvalue weighted by Crippen LogP contribution is 2.30. The highest BCUT2D eigenvalue weighted by molar-refractivity contribution is 5.83. The first-order valence-electron chi connectivity index (χ1n) is 11.5. The summed E-state index contributed by atoms with van der Waals surface area (Å²) in [5, 5.41) is 17.8. The average Bonchev–Trinajstić information content (AvgIpc) is 3.63. The number of aromatic nitrogens is 6. The van der Waals surface area contributed by atoms with E-state index >= 15 is 0 Å². The van der Waals surface area contributed by atoms with E-state index in [0.29, 0.717) is 44.1 Å². The van der Waals surface area contributed by atoms with Crippen molar-refractivity contribution in [3.8, 4) is 45.8 Å². The molecule has 0 bridgehead atoms. The Hall–Kier alpha value is -5.38. The van der Waals surface area contributed by atoms with E-state index < -0.39 is 0 Å². The molecule has 38 heavy (non-hydrogen) atoms. The zero-order valence-corrected chi connectivity index (χ0v) is 19.3. The van der Waals surface area contributed by atoms with E-state index in [1.54, 1.807) is 48.8 Å². The van der Waals surface area contributed by atoms with Gasteiger partial charge in [-0.05, 0) is 66.7 Å². The largest absolute Gasteiger partial charge is 0.416 e. The van der Waals surface area contributed by atoms with Crippen molar-refractivity contribution in [3.05, 3.63) is 96.8 Å². The maximum Gasteiger partial charge on any atom is 0.249 e. The van der Waals surface area contributed by atoms with Crippen LogP contribution in [-0.4, -0.2) is 30.4 Å². The summed E-state index contributed by atoms with van der Waals surface area (Å²) in [6, 6.07) is 19.5. The molecule has 0 amide bonds. The first-order chi connectivity index (χ1) is 18.6. The molecule has 0 unspecified atom stereocenters. The lowest BCUT2D eigenvalue weighted by molar-refractivity contribution is 0.582. The van der Waals surface area contributed by atoms with Crippen molar-refractivity contribution in [3.63, 3.8) is 0 Å². The van der Waals surface area contributed by atoms with Crippen molar-refractivity contribution >= 4 is 21.8 Å². The fourth-order valence-corrected chi connectivity index (χ4v) is 4.14. The van der Waals surface area contributed by atoms with Crippen LogP contribution in [0.1, 0.15) is 0 Å². The lowest BCUT2D eigenvalue weighted by Crippen LogP contribution is -1.84. The number of hydrogen-bond donors (Lipinski definition) is 0. The Labute approximate surface area is 212 Å². The summed E-state index contributed by atoms with van der Waals surface area (Å²) in [6.07, 6.45) is 3.20. The molecule has 0 saturated heterocycles. The summed E-state index contributed by atoms with van der Waals surface area (Å²) in [7, 11) is 0. The van der Waals surface area contributed by atoms with Gasteiger partial charge in [0.2, 0.25) is 23.6 Å². The SMILES string of the molecule is Fc1ccc2ncc(-c3nnc(-c4cccc(-c5nnc(-c6cnc7ccc(F)cc7c6)o5)c4)o3)cc2c1. The highest BCUT2D eigenvalue weighted by atomic mass is 19.1. The fourth-order valence-electron chi connectivity index (χ4n) is 4.14. The molecule has 0 saturated carbocycles. The van der Waals surface area contributed by atoms with E-state index in [4.69, 9.17) is 8.83 Å². The minimum Gasteiger partial charge on any atom is -0.416 e. The molecule has 7 aromatic rings. The maximum absolute atomic E-state index is 13.6. The molecule has 7 rings (SSSR count). The van der Waals surface area contributed by atoms with Crippen LogP contribution in [-0.2, 0) is 0 Å². The Kier molecular flexibility index (Phi) is 4.96. The molecule has 0 aliphatic rings. The van der Waals surface area contributed by atoms with E-state index in [-0.39, 0.29) is 35.2 Å². The monoisotopic (exact) mass is 504 g/mol. The van der Waals surface area contributed by atoms with Gasteiger partial charge in [0.1, 0.15) is 11.6 Å². The molecule has 182 valence electrons. The molecule has 8 nitrogen and oxygen atoms in total. The van der Waals surface area contributed by atoms with Crippen molar-refractivity contribution in [1.82, 2.24) is 30.4 Å². The molecule has 4 heterocycles. The van der Waals surface area contributed by atoms with Crippen molar-refractivity contribution in [2.45, 2.75) is 0 Å². The molecular weight excluding hydrogens is 490 g/mol. The number of nitrogens with zero attached hydrogens (tertiary/aromatic N) is 6. The van der Waals surface area contributed by atoms with Gasteiger partial charge < -0.3 is 8.83 Å². The number of pyridine rings is 2. The number of hydrogen-bond acceptors (Lipinski definition) is 8. The summed E-state index contributed by atoms with van der Waals surface area (Å²) in [5.41, 5.74) is 3.75. The van der Waals surface area contributed by atoms with Gasteiger partial charge in [-0.3, -0.25) is 9.97 Å². The smallest absolute Gasteiger partial charge is 0.249 e. The van der Waals surface area contributed by atoms with E-state index in [1.165, 1.54) is 24.3 Å². The summed E-state index contributed by atoms with van der Waals surface area (Å²) < 4.78 is 39.0. The second kappa shape index (κ2) is 8.63. The second-order valence-electron chi connectivity index (χ2n) is 8.53. The molecule has 4 aromatic heterocycles. The van der Waals surface area contributed by atoms with Crippen molar-refractivity contribution in [2.75, 3.05) is 0 Å². The number of rotatable bonds is 4. The molecule has 0 atom stereocenters. The molecule has 3 aromatic carbocycles. The lowest BCUT2D eigenvalue weighted by Gasteiger charge is -2.01. The zero-order chi connectivity index (χ0) is 25.6. The third kappa shape index (κ3) is 3.94. The van der Waals surface area contributed by atoms with E-state index in [9.17, 15) is 8.78 Å². The molecule has 0 N–H and O–H groups in total. The van der Waals surface area contributed by atoms with Gasteiger partial charge in [0.25, 0.3) is 0 Å². The van der Waals surface area contributed by atoms with Gasteiger partial charge in [0.05, 0.1) is 22.2 Å². The number of fused-ring (bicyclic) bond motifs is 2. The lowest BCUT2D eigenvalue weighted by atomic mass is 10.1.